The monoisotopic (exact) mass is 221 g/mol. The average Bonchev–Trinajstić information content (AvgIpc) is 2.90. The highest BCUT2D eigenvalue weighted by atomic mass is 15.7. The minimum absolute atomic E-state index is 0.995. The largest absolute Gasteiger partial charge is 0.443 e. The summed E-state index contributed by atoms with van der Waals surface area (Å²) in [7, 11) is 1.85. The average molecular weight is 221 g/mol. The second kappa shape index (κ2) is 4.29. The van der Waals surface area contributed by atoms with Crippen molar-refractivity contribution in [3.05, 3.63) is 60.7 Å². The predicted molar refractivity (Wildman–Crippen MR) is 68.5 cm³/mol. The van der Waals surface area contributed by atoms with Crippen molar-refractivity contribution in [2.24, 2.45) is 10.4 Å². The Bertz CT molecular complexity index is 467. The van der Waals surface area contributed by atoms with Crippen LogP contribution in [0.3, 0.4) is 0 Å². The lowest BCUT2D eigenvalue weighted by Gasteiger charge is -2.13. The molecule has 4 nitrogen and oxygen atoms in total. The number of hydrogen-bond acceptors (Lipinski definition) is 4. The molecule has 1 heterocycles. The van der Waals surface area contributed by atoms with E-state index in [0.29, 0.717) is 0 Å². The van der Waals surface area contributed by atoms with Gasteiger partial charge in [0.05, 0.1) is 0 Å². The quantitative estimate of drug-likeness (QED) is 0.730. The van der Waals surface area contributed by atoms with Gasteiger partial charge in [-0.2, -0.15) is 0 Å². The van der Waals surface area contributed by atoms with Crippen LogP contribution in [0.5, 0.6) is 0 Å². The molecule has 0 spiro atoms. The van der Waals surface area contributed by atoms with E-state index in [-0.39, 0.29) is 0 Å². The molecule has 17 heavy (non-hydrogen) atoms. The fraction of sp³-hybridized carbons (Fsp3) is 0. The number of benzene rings is 2. The lowest BCUT2D eigenvalue weighted by Crippen LogP contribution is -2.28. The molecule has 2 aromatic carbocycles. The van der Waals surface area contributed by atoms with Crippen LogP contribution >= 0.6 is 0 Å². The first-order chi connectivity index (χ1) is 8.43. The van der Waals surface area contributed by atoms with Crippen LogP contribution in [0.15, 0.2) is 71.1 Å². The van der Waals surface area contributed by atoms with E-state index in [1.54, 1.807) is 9.84 Å². The van der Waals surface area contributed by atoms with Gasteiger partial charge in [0.15, 0.2) is 0 Å². The third-order valence-electron chi connectivity index (χ3n) is 2.49. The zero-order chi connectivity index (χ0) is 11.5. The van der Waals surface area contributed by atoms with Crippen molar-refractivity contribution in [3.63, 3.8) is 0 Å². The second-order valence-electron chi connectivity index (χ2n) is 3.65. The number of rotatable bonds is 2. The Labute approximate surface area is 100 Å². The summed E-state index contributed by atoms with van der Waals surface area (Å²) in [5, 5.41) is 8.18. The standard InChI is InChI=1S/C12H10BN4/c1-3-7-11(8-4-1)16-13-17(15-14-16)12-9-5-2-6-10-12/h1-10H. The van der Waals surface area contributed by atoms with Crippen LogP contribution in [0.4, 0.5) is 11.4 Å². The minimum Gasteiger partial charge on any atom is -0.267 e. The molecule has 1 aliphatic heterocycles. The highest BCUT2D eigenvalue weighted by Crippen LogP contribution is 2.22. The fourth-order valence-electron chi connectivity index (χ4n) is 1.63. The normalized spacial score (nSPS) is 13.9. The van der Waals surface area contributed by atoms with Crippen LogP contribution in [0.25, 0.3) is 0 Å². The minimum atomic E-state index is 0.995. The molecule has 5 heteroatoms. The van der Waals surface area contributed by atoms with Gasteiger partial charge < -0.3 is 0 Å². The smallest absolute Gasteiger partial charge is 0.267 e. The number of para-hydroxylation sites is 2. The molecule has 0 fully saturated rings. The van der Waals surface area contributed by atoms with Gasteiger partial charge >= 0.3 is 7.55 Å². The van der Waals surface area contributed by atoms with Crippen molar-refractivity contribution in [2.45, 2.75) is 0 Å². The number of anilines is 2. The Morgan fingerprint density at radius 2 is 1.06 bits per heavy atom. The maximum absolute atomic E-state index is 4.09. The Balaban J connectivity index is 1.78. The van der Waals surface area contributed by atoms with E-state index in [2.05, 4.69) is 10.4 Å². The van der Waals surface area contributed by atoms with Gasteiger partial charge in [-0.15, -0.1) is 0 Å². The Morgan fingerprint density at radius 1 is 0.647 bits per heavy atom. The third-order valence-corrected chi connectivity index (χ3v) is 2.49. The first-order valence-corrected chi connectivity index (χ1v) is 5.38. The van der Waals surface area contributed by atoms with Crippen molar-refractivity contribution in [1.29, 1.82) is 0 Å². The van der Waals surface area contributed by atoms with Gasteiger partial charge in [0, 0.05) is 11.4 Å². The van der Waals surface area contributed by atoms with Gasteiger partial charge in [-0.1, -0.05) is 46.8 Å². The molecule has 0 N–H and O–H groups in total. The van der Waals surface area contributed by atoms with Gasteiger partial charge in [0.1, 0.15) is 0 Å². The maximum atomic E-state index is 4.09. The van der Waals surface area contributed by atoms with E-state index in [9.17, 15) is 0 Å². The molecular formula is C12H10BN4. The summed E-state index contributed by atoms with van der Waals surface area (Å²) >= 11 is 0. The lowest BCUT2D eigenvalue weighted by atomic mass is 10.1. The molecule has 0 bridgehead atoms. The summed E-state index contributed by atoms with van der Waals surface area (Å²) in [6.45, 7) is 0. The molecule has 0 saturated carbocycles. The first-order valence-electron chi connectivity index (χ1n) is 5.38. The highest BCUT2D eigenvalue weighted by Gasteiger charge is 2.21. The van der Waals surface area contributed by atoms with E-state index in [4.69, 9.17) is 0 Å². The molecule has 0 aliphatic carbocycles. The molecule has 1 radical (unpaired) electrons. The maximum Gasteiger partial charge on any atom is 0.443 e. The fourth-order valence-corrected chi connectivity index (χ4v) is 1.63. The van der Waals surface area contributed by atoms with Crippen LogP contribution in [-0.2, 0) is 0 Å². The summed E-state index contributed by atoms with van der Waals surface area (Å²) in [5.74, 6) is 0. The van der Waals surface area contributed by atoms with Crippen molar-refractivity contribution < 1.29 is 0 Å². The van der Waals surface area contributed by atoms with Crippen LogP contribution in [-0.4, -0.2) is 7.55 Å². The Hall–Kier alpha value is -2.30. The summed E-state index contributed by atoms with van der Waals surface area (Å²) < 4.78 is 0. The molecular weight excluding hydrogens is 211 g/mol. The van der Waals surface area contributed by atoms with Crippen molar-refractivity contribution in [2.75, 3.05) is 9.84 Å². The summed E-state index contributed by atoms with van der Waals surface area (Å²) in [6, 6.07) is 19.8. The molecule has 0 atom stereocenters. The van der Waals surface area contributed by atoms with E-state index in [0.717, 1.165) is 11.4 Å². The molecule has 0 amide bonds. The van der Waals surface area contributed by atoms with E-state index in [1.807, 2.05) is 68.2 Å². The lowest BCUT2D eigenvalue weighted by molar-refractivity contribution is 1.01. The van der Waals surface area contributed by atoms with Crippen molar-refractivity contribution >= 4 is 18.9 Å². The van der Waals surface area contributed by atoms with Gasteiger partial charge in [0.2, 0.25) is 0 Å². The van der Waals surface area contributed by atoms with E-state index >= 15 is 0 Å². The molecule has 0 saturated heterocycles. The van der Waals surface area contributed by atoms with Gasteiger partial charge in [-0.25, -0.2) is 0 Å². The summed E-state index contributed by atoms with van der Waals surface area (Å²) in [5.41, 5.74) is 1.99. The van der Waals surface area contributed by atoms with Crippen LogP contribution in [0.1, 0.15) is 0 Å². The molecule has 3 rings (SSSR count). The van der Waals surface area contributed by atoms with Gasteiger partial charge in [-0.05, 0) is 24.3 Å². The molecule has 81 valence electrons. The third kappa shape index (κ3) is 1.99. The Morgan fingerprint density at radius 3 is 1.47 bits per heavy atom. The van der Waals surface area contributed by atoms with E-state index in [1.165, 1.54) is 0 Å². The second-order valence-corrected chi connectivity index (χ2v) is 3.65. The van der Waals surface area contributed by atoms with Crippen molar-refractivity contribution in [3.8, 4) is 0 Å². The first kappa shape index (κ1) is 9.90. The number of nitrogens with zero attached hydrogens (tertiary/aromatic N) is 4. The predicted octanol–water partition coefficient (Wildman–Crippen LogP) is 2.83. The zero-order valence-corrected chi connectivity index (χ0v) is 9.14. The van der Waals surface area contributed by atoms with Crippen LogP contribution < -0.4 is 9.84 Å². The summed E-state index contributed by atoms with van der Waals surface area (Å²) in [6.07, 6.45) is 0. The summed E-state index contributed by atoms with van der Waals surface area (Å²) in [4.78, 5) is 3.49. The topological polar surface area (TPSA) is 31.2 Å². The zero-order valence-electron chi connectivity index (χ0n) is 9.14. The molecule has 0 unspecified atom stereocenters. The molecule has 0 aromatic heterocycles. The van der Waals surface area contributed by atoms with Crippen LogP contribution in [0, 0.1) is 0 Å². The van der Waals surface area contributed by atoms with Crippen molar-refractivity contribution in [1.82, 2.24) is 0 Å². The highest BCUT2D eigenvalue weighted by molar-refractivity contribution is 6.46. The Kier molecular flexibility index (Phi) is 2.50. The van der Waals surface area contributed by atoms with Crippen LogP contribution in [0.2, 0.25) is 0 Å². The van der Waals surface area contributed by atoms with Gasteiger partial charge in [0.25, 0.3) is 0 Å². The molecule has 2 aromatic rings. The van der Waals surface area contributed by atoms with Gasteiger partial charge in [-0.3, -0.25) is 9.84 Å². The SMILES string of the molecule is [B]1N(c2ccccc2)N=NN1c1ccccc1. The van der Waals surface area contributed by atoms with E-state index < -0.39 is 0 Å². The molecule has 1 aliphatic rings. The number of hydrogen-bond donors (Lipinski definition) is 0.